The van der Waals surface area contributed by atoms with Crippen LogP contribution in [0.1, 0.15) is 52.9 Å². The molecule has 2 heterocycles. The molecule has 140 valence electrons. The minimum atomic E-state index is 0.189. The second-order valence-corrected chi connectivity index (χ2v) is 7.32. The van der Waals surface area contributed by atoms with Gasteiger partial charge in [-0.3, -0.25) is 4.79 Å². The zero-order valence-electron chi connectivity index (χ0n) is 15.9. The molecule has 6 heteroatoms. The monoisotopic (exact) mass is 347 g/mol. The van der Waals surface area contributed by atoms with E-state index in [1.165, 1.54) is 6.42 Å². The lowest BCUT2D eigenvalue weighted by Gasteiger charge is -2.33. The normalized spacial score (nSPS) is 17.6. The highest BCUT2D eigenvalue weighted by atomic mass is 16.1. The molecule has 0 bridgehead atoms. The standard InChI is InChI=1S/C19H33N5O/c1-4-20-17-12-18(23-14-22-17)24-11-5-6-16(13-24)7-8-19(25)21-10-9-15(2)3/h12,14-16H,4-11,13H2,1-3H3,(H,21,25)(H,20,22,23). The van der Waals surface area contributed by atoms with Crippen LogP contribution < -0.4 is 15.5 Å². The van der Waals surface area contributed by atoms with E-state index < -0.39 is 0 Å². The van der Waals surface area contributed by atoms with Crippen molar-refractivity contribution < 1.29 is 4.79 Å². The third-order valence-corrected chi connectivity index (χ3v) is 4.68. The van der Waals surface area contributed by atoms with E-state index in [2.05, 4.69) is 46.3 Å². The van der Waals surface area contributed by atoms with Crippen LogP contribution in [-0.2, 0) is 4.79 Å². The summed E-state index contributed by atoms with van der Waals surface area (Å²) in [6.07, 6.45) is 6.60. The molecule has 1 aromatic rings. The Hall–Kier alpha value is -1.85. The summed E-state index contributed by atoms with van der Waals surface area (Å²) in [4.78, 5) is 23.0. The molecular formula is C19H33N5O. The molecule has 1 saturated heterocycles. The van der Waals surface area contributed by atoms with E-state index in [0.717, 1.165) is 57.1 Å². The summed E-state index contributed by atoms with van der Waals surface area (Å²) >= 11 is 0. The Balaban J connectivity index is 1.78. The van der Waals surface area contributed by atoms with Crippen molar-refractivity contribution in [1.82, 2.24) is 15.3 Å². The lowest BCUT2D eigenvalue weighted by Crippen LogP contribution is -2.36. The third-order valence-electron chi connectivity index (χ3n) is 4.68. The Labute approximate surface area is 151 Å². The summed E-state index contributed by atoms with van der Waals surface area (Å²) in [7, 11) is 0. The van der Waals surface area contributed by atoms with E-state index in [1.807, 2.05) is 6.07 Å². The van der Waals surface area contributed by atoms with Gasteiger partial charge in [0.25, 0.3) is 0 Å². The molecular weight excluding hydrogens is 314 g/mol. The van der Waals surface area contributed by atoms with Gasteiger partial charge in [0.05, 0.1) is 0 Å². The number of piperidine rings is 1. The Morgan fingerprint density at radius 3 is 3.00 bits per heavy atom. The Morgan fingerprint density at radius 2 is 2.24 bits per heavy atom. The maximum Gasteiger partial charge on any atom is 0.220 e. The molecule has 2 rings (SSSR count). The van der Waals surface area contributed by atoms with Gasteiger partial charge >= 0.3 is 0 Å². The average molecular weight is 348 g/mol. The zero-order chi connectivity index (χ0) is 18.1. The van der Waals surface area contributed by atoms with Gasteiger partial charge in [-0.25, -0.2) is 9.97 Å². The van der Waals surface area contributed by atoms with Gasteiger partial charge in [0, 0.05) is 38.7 Å². The van der Waals surface area contributed by atoms with Crippen molar-refractivity contribution in [3.05, 3.63) is 12.4 Å². The fourth-order valence-corrected chi connectivity index (χ4v) is 3.23. The molecule has 1 aliphatic heterocycles. The van der Waals surface area contributed by atoms with Crippen LogP contribution in [-0.4, -0.2) is 42.1 Å². The number of hydrogen-bond acceptors (Lipinski definition) is 5. The van der Waals surface area contributed by atoms with Crippen LogP contribution in [0.5, 0.6) is 0 Å². The summed E-state index contributed by atoms with van der Waals surface area (Å²) < 4.78 is 0. The summed E-state index contributed by atoms with van der Waals surface area (Å²) in [5, 5.41) is 6.27. The molecule has 25 heavy (non-hydrogen) atoms. The number of aromatic nitrogens is 2. The van der Waals surface area contributed by atoms with Crippen LogP contribution in [0.15, 0.2) is 12.4 Å². The highest BCUT2D eigenvalue weighted by Crippen LogP contribution is 2.25. The van der Waals surface area contributed by atoms with Crippen molar-refractivity contribution in [2.24, 2.45) is 11.8 Å². The number of carbonyl (C=O) groups excluding carboxylic acids is 1. The number of anilines is 2. The maximum atomic E-state index is 12.0. The van der Waals surface area contributed by atoms with Crippen LogP contribution in [0.3, 0.4) is 0 Å². The predicted octanol–water partition coefficient (Wildman–Crippen LogP) is 3.07. The Morgan fingerprint density at radius 1 is 1.40 bits per heavy atom. The van der Waals surface area contributed by atoms with E-state index in [9.17, 15) is 4.79 Å². The van der Waals surface area contributed by atoms with Gasteiger partial charge in [-0.2, -0.15) is 0 Å². The summed E-state index contributed by atoms with van der Waals surface area (Å²) in [5.41, 5.74) is 0. The largest absolute Gasteiger partial charge is 0.370 e. The average Bonchev–Trinajstić information content (AvgIpc) is 2.60. The minimum absolute atomic E-state index is 0.189. The SMILES string of the molecule is CCNc1cc(N2CCCC(CCC(=O)NCCC(C)C)C2)ncn1. The first-order chi connectivity index (χ1) is 12.1. The second kappa shape index (κ2) is 10.2. The van der Waals surface area contributed by atoms with E-state index in [-0.39, 0.29) is 5.91 Å². The quantitative estimate of drug-likeness (QED) is 0.718. The van der Waals surface area contributed by atoms with Crippen molar-refractivity contribution in [3.8, 4) is 0 Å². The molecule has 0 aliphatic carbocycles. The summed E-state index contributed by atoms with van der Waals surface area (Å²) in [6, 6.07) is 2.02. The Kier molecular flexibility index (Phi) is 7.95. The zero-order valence-corrected chi connectivity index (χ0v) is 15.9. The molecule has 1 fully saturated rings. The summed E-state index contributed by atoms with van der Waals surface area (Å²) in [5.74, 6) is 3.24. The first-order valence-corrected chi connectivity index (χ1v) is 9.66. The van der Waals surface area contributed by atoms with E-state index >= 15 is 0 Å². The number of carbonyl (C=O) groups is 1. The van der Waals surface area contributed by atoms with Crippen molar-refractivity contribution in [2.45, 2.75) is 52.9 Å². The molecule has 1 aromatic heterocycles. The van der Waals surface area contributed by atoms with E-state index in [1.54, 1.807) is 6.33 Å². The summed E-state index contributed by atoms with van der Waals surface area (Å²) in [6.45, 7) is 10.1. The van der Waals surface area contributed by atoms with E-state index in [4.69, 9.17) is 0 Å². The van der Waals surface area contributed by atoms with E-state index in [0.29, 0.717) is 18.3 Å². The smallest absolute Gasteiger partial charge is 0.220 e. The van der Waals surface area contributed by atoms with Crippen LogP contribution >= 0.6 is 0 Å². The predicted molar refractivity (Wildman–Crippen MR) is 103 cm³/mol. The lowest BCUT2D eigenvalue weighted by atomic mass is 9.93. The van der Waals surface area contributed by atoms with Gasteiger partial charge in [-0.1, -0.05) is 13.8 Å². The molecule has 6 nitrogen and oxygen atoms in total. The molecule has 1 aliphatic rings. The molecule has 1 unspecified atom stereocenters. The van der Waals surface area contributed by atoms with Crippen LogP contribution in [0.2, 0.25) is 0 Å². The van der Waals surface area contributed by atoms with Crippen molar-refractivity contribution >= 4 is 17.5 Å². The van der Waals surface area contributed by atoms with Gasteiger partial charge in [-0.15, -0.1) is 0 Å². The first-order valence-electron chi connectivity index (χ1n) is 9.66. The fraction of sp³-hybridized carbons (Fsp3) is 0.737. The third kappa shape index (κ3) is 6.88. The van der Waals surface area contributed by atoms with Gasteiger partial charge in [-0.05, 0) is 44.4 Å². The maximum absolute atomic E-state index is 12.0. The number of amides is 1. The van der Waals surface area contributed by atoms with Gasteiger partial charge in [0.2, 0.25) is 5.91 Å². The van der Waals surface area contributed by atoms with Crippen molar-refractivity contribution in [1.29, 1.82) is 0 Å². The molecule has 1 amide bonds. The highest BCUT2D eigenvalue weighted by Gasteiger charge is 2.22. The van der Waals surface area contributed by atoms with Gasteiger partial charge in [0.1, 0.15) is 18.0 Å². The van der Waals surface area contributed by atoms with Crippen LogP contribution in [0.4, 0.5) is 11.6 Å². The molecule has 1 atom stereocenters. The van der Waals surface area contributed by atoms with Gasteiger partial charge in [0.15, 0.2) is 0 Å². The first kappa shape index (κ1) is 19.5. The Bertz CT molecular complexity index is 534. The van der Waals surface area contributed by atoms with Crippen LogP contribution in [0.25, 0.3) is 0 Å². The molecule has 0 radical (unpaired) electrons. The molecule has 2 N–H and O–H groups in total. The highest BCUT2D eigenvalue weighted by molar-refractivity contribution is 5.75. The minimum Gasteiger partial charge on any atom is -0.370 e. The fourth-order valence-electron chi connectivity index (χ4n) is 3.23. The topological polar surface area (TPSA) is 70.2 Å². The lowest BCUT2D eigenvalue weighted by molar-refractivity contribution is -0.121. The van der Waals surface area contributed by atoms with Crippen molar-refractivity contribution in [3.63, 3.8) is 0 Å². The number of nitrogens with zero attached hydrogens (tertiary/aromatic N) is 3. The molecule has 0 saturated carbocycles. The van der Waals surface area contributed by atoms with Crippen LogP contribution in [0, 0.1) is 11.8 Å². The van der Waals surface area contributed by atoms with Gasteiger partial charge < -0.3 is 15.5 Å². The second-order valence-electron chi connectivity index (χ2n) is 7.32. The van der Waals surface area contributed by atoms with Crippen molar-refractivity contribution in [2.75, 3.05) is 36.4 Å². The number of hydrogen-bond donors (Lipinski definition) is 2. The number of nitrogens with one attached hydrogen (secondary N) is 2. The molecule has 0 spiro atoms. The number of rotatable bonds is 9. The molecule has 0 aromatic carbocycles.